The number of rotatable bonds is 0. The van der Waals surface area contributed by atoms with E-state index in [1.54, 1.807) is 18.2 Å². The van der Waals surface area contributed by atoms with Gasteiger partial charge in [-0.1, -0.05) is 15.9 Å². The third-order valence-electron chi connectivity index (χ3n) is 0.910. The van der Waals surface area contributed by atoms with Gasteiger partial charge in [-0.2, -0.15) is 0 Å². The minimum absolute atomic E-state index is 0.262. The van der Waals surface area contributed by atoms with E-state index in [1.807, 2.05) is 0 Å². The zero-order valence-electron chi connectivity index (χ0n) is 4.44. The monoisotopic (exact) mass is 247 g/mol. The fourth-order valence-electron chi connectivity index (χ4n) is 0.481. The molecule has 0 amide bonds. The van der Waals surface area contributed by atoms with Crippen molar-refractivity contribution in [1.82, 2.24) is 5.73 Å². The lowest BCUT2D eigenvalue weighted by atomic mass is 10.3. The van der Waals surface area contributed by atoms with Gasteiger partial charge >= 0.3 is 0 Å². The van der Waals surface area contributed by atoms with Gasteiger partial charge in [-0.25, -0.2) is 0 Å². The number of halogens is 2. The van der Waals surface area contributed by atoms with Crippen molar-refractivity contribution in [2.75, 3.05) is 0 Å². The van der Waals surface area contributed by atoms with Crippen LogP contribution in [-0.2, 0) is 0 Å². The van der Waals surface area contributed by atoms with Gasteiger partial charge < -0.3 is 0 Å². The fourth-order valence-corrected chi connectivity index (χ4v) is 1.53. The zero-order valence-corrected chi connectivity index (χ0v) is 7.61. The number of nitrogens with zero attached hydrogens (tertiary/aromatic N) is 1. The molecular formula is C6H3Br2N. The molecule has 2 radical (unpaired) electrons. The standard InChI is InChI=1S/C6H3Br2N/c7-4-1-2-6(9)5(8)3-4/h1-3H. The molecule has 0 unspecified atom stereocenters. The maximum Gasteiger partial charge on any atom is 0.0999 e. The van der Waals surface area contributed by atoms with Crippen LogP contribution in [0.4, 0.5) is 5.69 Å². The van der Waals surface area contributed by atoms with Crippen LogP contribution in [0.1, 0.15) is 0 Å². The highest BCUT2D eigenvalue weighted by Gasteiger charge is 1.95. The quantitative estimate of drug-likeness (QED) is 0.674. The van der Waals surface area contributed by atoms with Gasteiger partial charge in [0.1, 0.15) is 0 Å². The van der Waals surface area contributed by atoms with Crippen LogP contribution >= 0.6 is 31.9 Å². The second-order valence-corrected chi connectivity index (χ2v) is 3.37. The molecule has 0 saturated carbocycles. The lowest BCUT2D eigenvalue weighted by Gasteiger charge is -1.92. The van der Waals surface area contributed by atoms with E-state index in [4.69, 9.17) is 5.73 Å². The summed E-state index contributed by atoms with van der Waals surface area (Å²) in [7, 11) is 0. The Morgan fingerprint density at radius 3 is 2.33 bits per heavy atom. The second-order valence-electron chi connectivity index (χ2n) is 1.60. The Hall–Kier alpha value is -0.0200. The Labute approximate surface area is 70.5 Å². The molecule has 46 valence electrons. The van der Waals surface area contributed by atoms with Crippen LogP contribution in [0.25, 0.3) is 0 Å². The first-order valence-corrected chi connectivity index (χ1v) is 3.93. The van der Waals surface area contributed by atoms with Crippen molar-refractivity contribution in [2.24, 2.45) is 0 Å². The number of hydrogen-bond acceptors (Lipinski definition) is 0. The first-order chi connectivity index (χ1) is 4.20. The smallest absolute Gasteiger partial charge is 0.0999 e. The van der Waals surface area contributed by atoms with Crippen LogP contribution in [0.2, 0.25) is 0 Å². The average molecular weight is 249 g/mol. The van der Waals surface area contributed by atoms with Crippen molar-refractivity contribution in [3.8, 4) is 0 Å². The SMILES string of the molecule is [N]c1ccc(Br)cc1Br. The molecule has 0 aromatic heterocycles. The van der Waals surface area contributed by atoms with E-state index < -0.39 is 0 Å². The molecule has 1 aromatic rings. The molecule has 0 heterocycles. The molecule has 0 bridgehead atoms. The molecule has 1 rings (SSSR count). The Bertz CT molecular complexity index is 222. The molecule has 0 atom stereocenters. The summed E-state index contributed by atoms with van der Waals surface area (Å²) < 4.78 is 1.66. The summed E-state index contributed by atoms with van der Waals surface area (Å²) in [6.07, 6.45) is 0. The molecule has 0 saturated heterocycles. The first kappa shape index (κ1) is 7.09. The predicted octanol–water partition coefficient (Wildman–Crippen LogP) is 2.91. The first-order valence-electron chi connectivity index (χ1n) is 2.34. The molecule has 1 aromatic carbocycles. The Morgan fingerprint density at radius 1 is 1.22 bits per heavy atom. The highest BCUT2D eigenvalue weighted by Crippen LogP contribution is 2.24. The molecule has 1 nitrogen and oxygen atoms in total. The minimum Gasteiger partial charge on any atom is -0.149 e. The van der Waals surface area contributed by atoms with E-state index >= 15 is 0 Å². The lowest BCUT2D eigenvalue weighted by molar-refractivity contribution is 1.44. The Balaban J connectivity index is 3.17. The Morgan fingerprint density at radius 2 is 1.89 bits per heavy atom. The van der Waals surface area contributed by atoms with Crippen molar-refractivity contribution in [2.45, 2.75) is 0 Å². The van der Waals surface area contributed by atoms with Crippen LogP contribution < -0.4 is 5.73 Å². The van der Waals surface area contributed by atoms with Gasteiger partial charge in [0.05, 0.1) is 5.69 Å². The van der Waals surface area contributed by atoms with Gasteiger partial charge in [-0.3, -0.25) is 0 Å². The average Bonchev–Trinajstić information content (AvgIpc) is 1.80. The van der Waals surface area contributed by atoms with E-state index in [0.29, 0.717) is 4.47 Å². The summed E-state index contributed by atoms with van der Waals surface area (Å²) in [6.45, 7) is 0. The van der Waals surface area contributed by atoms with E-state index in [-0.39, 0.29) is 5.69 Å². The van der Waals surface area contributed by atoms with Gasteiger partial charge in [-0.05, 0) is 34.1 Å². The third kappa shape index (κ3) is 1.69. The summed E-state index contributed by atoms with van der Waals surface area (Å²) in [5.74, 6) is 0. The molecular weight excluding hydrogens is 246 g/mol. The van der Waals surface area contributed by atoms with E-state index in [0.717, 1.165) is 4.47 Å². The van der Waals surface area contributed by atoms with Crippen LogP contribution in [0.3, 0.4) is 0 Å². The van der Waals surface area contributed by atoms with E-state index in [1.165, 1.54) is 0 Å². The van der Waals surface area contributed by atoms with Gasteiger partial charge in [0.15, 0.2) is 0 Å². The molecule has 0 aliphatic heterocycles. The molecule has 0 spiro atoms. The van der Waals surface area contributed by atoms with Crippen LogP contribution in [-0.4, -0.2) is 0 Å². The van der Waals surface area contributed by atoms with E-state index in [2.05, 4.69) is 31.9 Å². The van der Waals surface area contributed by atoms with Crippen molar-refractivity contribution in [3.05, 3.63) is 27.1 Å². The molecule has 0 aliphatic carbocycles. The normalized spacial score (nSPS) is 9.56. The third-order valence-corrected chi connectivity index (χ3v) is 2.04. The molecule has 0 N–H and O–H groups in total. The van der Waals surface area contributed by atoms with Gasteiger partial charge in [0.25, 0.3) is 0 Å². The van der Waals surface area contributed by atoms with Gasteiger partial charge in [0, 0.05) is 8.95 Å². The Kier molecular flexibility index (Phi) is 2.13. The largest absolute Gasteiger partial charge is 0.149 e. The van der Waals surface area contributed by atoms with Crippen molar-refractivity contribution in [1.29, 1.82) is 0 Å². The van der Waals surface area contributed by atoms with Crippen LogP contribution in [0.15, 0.2) is 27.1 Å². The van der Waals surface area contributed by atoms with E-state index in [9.17, 15) is 0 Å². The molecule has 0 aliphatic rings. The fraction of sp³-hybridized carbons (Fsp3) is 0. The van der Waals surface area contributed by atoms with Crippen LogP contribution in [0.5, 0.6) is 0 Å². The van der Waals surface area contributed by atoms with Crippen LogP contribution in [0, 0.1) is 0 Å². The predicted molar refractivity (Wildman–Crippen MR) is 43.6 cm³/mol. The summed E-state index contributed by atoms with van der Waals surface area (Å²) in [5, 5.41) is 0. The summed E-state index contributed by atoms with van der Waals surface area (Å²) in [5.41, 5.74) is 9.24. The van der Waals surface area contributed by atoms with Gasteiger partial charge in [-0.15, -0.1) is 5.73 Å². The maximum absolute atomic E-state index is 8.98. The summed E-state index contributed by atoms with van der Waals surface area (Å²) >= 11 is 6.42. The molecule has 0 fully saturated rings. The summed E-state index contributed by atoms with van der Waals surface area (Å²) in [6, 6.07) is 5.18. The number of hydrogen-bond donors (Lipinski definition) is 0. The van der Waals surface area contributed by atoms with Crippen molar-refractivity contribution >= 4 is 37.5 Å². The van der Waals surface area contributed by atoms with Crippen molar-refractivity contribution in [3.63, 3.8) is 0 Å². The highest BCUT2D eigenvalue weighted by atomic mass is 79.9. The minimum atomic E-state index is 0.262. The summed E-state index contributed by atoms with van der Waals surface area (Å²) in [4.78, 5) is 0. The molecule has 9 heavy (non-hydrogen) atoms. The highest BCUT2D eigenvalue weighted by molar-refractivity contribution is 9.11. The lowest BCUT2D eigenvalue weighted by Crippen LogP contribution is -1.70. The van der Waals surface area contributed by atoms with Crippen molar-refractivity contribution < 1.29 is 0 Å². The second kappa shape index (κ2) is 2.71. The maximum atomic E-state index is 8.98. The van der Waals surface area contributed by atoms with Gasteiger partial charge in [0.2, 0.25) is 0 Å². The topological polar surface area (TPSA) is 22.3 Å². The number of benzene rings is 1. The zero-order chi connectivity index (χ0) is 6.85. The molecule has 3 heteroatoms.